The summed E-state index contributed by atoms with van der Waals surface area (Å²) in [6.07, 6.45) is 3.02. The van der Waals surface area contributed by atoms with Crippen molar-refractivity contribution in [3.63, 3.8) is 0 Å². The smallest absolute Gasteiger partial charge is 0.109 e. The van der Waals surface area contributed by atoms with Crippen LogP contribution >= 0.6 is 0 Å². The number of rotatable bonds is 4. The van der Waals surface area contributed by atoms with E-state index in [1.165, 1.54) is 6.42 Å². The van der Waals surface area contributed by atoms with Gasteiger partial charge in [0.15, 0.2) is 0 Å². The molecule has 1 N–H and O–H groups in total. The first-order valence-electron chi connectivity index (χ1n) is 5.02. The van der Waals surface area contributed by atoms with Gasteiger partial charge in [-0.3, -0.25) is 0 Å². The molecule has 1 aromatic rings. The summed E-state index contributed by atoms with van der Waals surface area (Å²) in [6, 6.07) is 4.06. The van der Waals surface area contributed by atoms with Crippen LogP contribution < -0.4 is 5.32 Å². The molecule has 2 unspecified atom stereocenters. The first-order valence-corrected chi connectivity index (χ1v) is 5.02. The first kappa shape index (κ1) is 8.82. The molecule has 72 valence electrons. The number of hydrogen-bond donors (Lipinski definition) is 1. The van der Waals surface area contributed by atoms with E-state index in [2.05, 4.69) is 25.2 Å². The second-order valence-electron chi connectivity index (χ2n) is 4.10. The molecule has 2 heteroatoms. The molecule has 1 aromatic heterocycles. The summed E-state index contributed by atoms with van der Waals surface area (Å²) < 4.78 is 5.44. The van der Waals surface area contributed by atoms with Crippen molar-refractivity contribution in [1.82, 2.24) is 5.32 Å². The summed E-state index contributed by atoms with van der Waals surface area (Å²) in [7, 11) is 0. The van der Waals surface area contributed by atoms with Gasteiger partial charge in [-0.25, -0.2) is 0 Å². The molecule has 2 rings (SSSR count). The van der Waals surface area contributed by atoms with E-state index in [4.69, 9.17) is 4.42 Å². The van der Waals surface area contributed by atoms with Gasteiger partial charge in [-0.2, -0.15) is 0 Å². The van der Waals surface area contributed by atoms with Gasteiger partial charge in [0.1, 0.15) is 5.76 Å². The maximum atomic E-state index is 5.44. The van der Waals surface area contributed by atoms with Gasteiger partial charge in [0.2, 0.25) is 0 Å². The molecule has 0 spiro atoms. The Morgan fingerprint density at radius 1 is 1.69 bits per heavy atom. The van der Waals surface area contributed by atoms with E-state index >= 15 is 0 Å². The SMILES string of the molecule is CCNCC1CC1(C)c1ccco1. The second kappa shape index (κ2) is 3.18. The van der Waals surface area contributed by atoms with Crippen LogP contribution in [-0.4, -0.2) is 13.1 Å². The zero-order chi connectivity index (χ0) is 9.31. The molecule has 2 atom stereocenters. The average molecular weight is 179 g/mol. The fourth-order valence-electron chi connectivity index (χ4n) is 1.97. The number of hydrogen-bond acceptors (Lipinski definition) is 2. The van der Waals surface area contributed by atoms with Gasteiger partial charge in [-0.05, 0) is 37.6 Å². The summed E-state index contributed by atoms with van der Waals surface area (Å²) in [5, 5.41) is 3.39. The van der Waals surface area contributed by atoms with Gasteiger partial charge in [0, 0.05) is 5.41 Å². The summed E-state index contributed by atoms with van der Waals surface area (Å²) in [4.78, 5) is 0. The normalized spacial score (nSPS) is 32.0. The van der Waals surface area contributed by atoms with Crippen LogP contribution in [0.2, 0.25) is 0 Å². The Labute approximate surface area is 79.3 Å². The largest absolute Gasteiger partial charge is 0.469 e. The molecule has 0 aromatic carbocycles. The third kappa shape index (κ3) is 1.51. The molecule has 1 aliphatic rings. The van der Waals surface area contributed by atoms with Crippen molar-refractivity contribution in [3.05, 3.63) is 24.2 Å². The van der Waals surface area contributed by atoms with Crippen LogP contribution in [0.25, 0.3) is 0 Å². The highest BCUT2D eigenvalue weighted by Crippen LogP contribution is 2.53. The van der Waals surface area contributed by atoms with Crippen LogP contribution in [0.5, 0.6) is 0 Å². The van der Waals surface area contributed by atoms with Gasteiger partial charge in [-0.15, -0.1) is 0 Å². The molecule has 1 aliphatic carbocycles. The van der Waals surface area contributed by atoms with E-state index < -0.39 is 0 Å². The minimum absolute atomic E-state index is 0.311. The van der Waals surface area contributed by atoms with Crippen LogP contribution in [-0.2, 0) is 5.41 Å². The zero-order valence-corrected chi connectivity index (χ0v) is 8.34. The lowest BCUT2D eigenvalue weighted by molar-refractivity contribution is 0.442. The molecule has 0 amide bonds. The maximum Gasteiger partial charge on any atom is 0.109 e. The van der Waals surface area contributed by atoms with E-state index in [1.807, 2.05) is 6.07 Å². The van der Waals surface area contributed by atoms with E-state index in [-0.39, 0.29) is 0 Å². The van der Waals surface area contributed by atoms with Crippen molar-refractivity contribution < 1.29 is 4.42 Å². The highest BCUT2D eigenvalue weighted by atomic mass is 16.3. The van der Waals surface area contributed by atoms with Crippen LogP contribution in [0.3, 0.4) is 0 Å². The lowest BCUT2D eigenvalue weighted by Gasteiger charge is -2.07. The Morgan fingerprint density at radius 3 is 3.15 bits per heavy atom. The van der Waals surface area contributed by atoms with E-state index in [0.29, 0.717) is 5.41 Å². The highest BCUT2D eigenvalue weighted by Gasteiger charge is 2.52. The van der Waals surface area contributed by atoms with Crippen LogP contribution in [0.4, 0.5) is 0 Å². The molecule has 1 saturated carbocycles. The maximum absolute atomic E-state index is 5.44. The van der Waals surface area contributed by atoms with E-state index in [1.54, 1.807) is 6.26 Å². The van der Waals surface area contributed by atoms with Crippen LogP contribution in [0, 0.1) is 5.92 Å². The molecule has 0 bridgehead atoms. The summed E-state index contributed by atoms with van der Waals surface area (Å²) in [5.74, 6) is 1.91. The van der Waals surface area contributed by atoms with Crippen molar-refractivity contribution >= 4 is 0 Å². The van der Waals surface area contributed by atoms with Gasteiger partial charge < -0.3 is 9.73 Å². The fraction of sp³-hybridized carbons (Fsp3) is 0.636. The van der Waals surface area contributed by atoms with Crippen molar-refractivity contribution in [1.29, 1.82) is 0 Å². The molecule has 2 nitrogen and oxygen atoms in total. The van der Waals surface area contributed by atoms with E-state index in [9.17, 15) is 0 Å². The summed E-state index contributed by atoms with van der Waals surface area (Å²) in [5.41, 5.74) is 0.311. The van der Waals surface area contributed by atoms with Crippen LogP contribution in [0.1, 0.15) is 26.0 Å². The van der Waals surface area contributed by atoms with Crippen molar-refractivity contribution in [2.24, 2.45) is 5.92 Å². The van der Waals surface area contributed by atoms with Crippen molar-refractivity contribution in [2.45, 2.75) is 25.7 Å². The van der Waals surface area contributed by atoms with Crippen LogP contribution in [0.15, 0.2) is 22.8 Å². The molecular weight excluding hydrogens is 162 g/mol. The molecule has 1 fully saturated rings. The number of nitrogens with one attached hydrogen (secondary N) is 1. The van der Waals surface area contributed by atoms with E-state index in [0.717, 1.165) is 24.8 Å². The van der Waals surface area contributed by atoms with Gasteiger partial charge in [0.05, 0.1) is 6.26 Å². The first-order chi connectivity index (χ1) is 6.27. The molecule has 1 heterocycles. The summed E-state index contributed by atoms with van der Waals surface area (Å²) in [6.45, 7) is 6.61. The molecule has 0 radical (unpaired) electrons. The predicted molar refractivity (Wildman–Crippen MR) is 52.7 cm³/mol. The second-order valence-corrected chi connectivity index (χ2v) is 4.10. The minimum atomic E-state index is 0.311. The Balaban J connectivity index is 1.95. The fourth-order valence-corrected chi connectivity index (χ4v) is 1.97. The quantitative estimate of drug-likeness (QED) is 0.766. The van der Waals surface area contributed by atoms with Gasteiger partial charge in [0.25, 0.3) is 0 Å². The highest BCUT2D eigenvalue weighted by molar-refractivity contribution is 5.24. The zero-order valence-electron chi connectivity index (χ0n) is 8.34. The minimum Gasteiger partial charge on any atom is -0.469 e. The third-order valence-corrected chi connectivity index (χ3v) is 3.14. The lowest BCUT2D eigenvalue weighted by atomic mass is 10.0. The average Bonchev–Trinajstić information content (AvgIpc) is 2.61. The molecule has 0 saturated heterocycles. The Morgan fingerprint density at radius 2 is 2.54 bits per heavy atom. The molecule has 0 aliphatic heterocycles. The molecule has 13 heavy (non-hydrogen) atoms. The Kier molecular flexibility index (Phi) is 2.16. The van der Waals surface area contributed by atoms with Gasteiger partial charge >= 0.3 is 0 Å². The van der Waals surface area contributed by atoms with Crippen molar-refractivity contribution in [2.75, 3.05) is 13.1 Å². The summed E-state index contributed by atoms with van der Waals surface area (Å²) >= 11 is 0. The third-order valence-electron chi connectivity index (χ3n) is 3.14. The Hall–Kier alpha value is -0.760. The topological polar surface area (TPSA) is 25.2 Å². The standard InChI is InChI=1S/C11H17NO/c1-3-12-8-9-7-11(9,2)10-5-4-6-13-10/h4-6,9,12H,3,7-8H2,1-2H3. The number of furan rings is 1. The lowest BCUT2D eigenvalue weighted by Crippen LogP contribution is -2.19. The van der Waals surface area contributed by atoms with Crippen molar-refractivity contribution in [3.8, 4) is 0 Å². The predicted octanol–water partition coefficient (Wildman–Crippen LogP) is 2.17. The van der Waals surface area contributed by atoms with Gasteiger partial charge in [-0.1, -0.05) is 13.8 Å². The Bertz CT molecular complexity index is 268. The molecular formula is C11H17NO. The monoisotopic (exact) mass is 179 g/mol.